The third kappa shape index (κ3) is 7.68. The summed E-state index contributed by atoms with van der Waals surface area (Å²) in [7, 11) is 0. The van der Waals surface area contributed by atoms with Gasteiger partial charge in [0.15, 0.2) is 6.86 Å². The molecule has 0 saturated carbocycles. The zero-order valence-electron chi connectivity index (χ0n) is 4.54. The van der Waals surface area contributed by atoms with Crippen LogP contribution in [-0.4, -0.2) is 19.6 Å². The van der Waals surface area contributed by atoms with E-state index in [4.69, 9.17) is 0 Å². The molecule has 0 aliphatic heterocycles. The van der Waals surface area contributed by atoms with Crippen LogP contribution in [0.15, 0.2) is 0 Å². The van der Waals surface area contributed by atoms with Crippen LogP contribution in [0.25, 0.3) is 0 Å². The van der Waals surface area contributed by atoms with Crippen LogP contribution in [0.5, 0.6) is 0 Å². The smallest absolute Gasteiger partial charge is 0.350 e. The first-order valence-corrected chi connectivity index (χ1v) is 2.27. The summed E-state index contributed by atoms with van der Waals surface area (Å²) in [6, 6.07) is 0. The van der Waals surface area contributed by atoms with Gasteiger partial charge in [0.25, 0.3) is 0 Å². The van der Waals surface area contributed by atoms with Crippen LogP contribution >= 0.6 is 0 Å². The summed E-state index contributed by atoms with van der Waals surface area (Å²) in [4.78, 5) is 0. The first kappa shape index (κ1) is 8.68. The fourth-order valence-electron chi connectivity index (χ4n) is 0.242. The molecule has 0 spiro atoms. The molecule has 0 bridgehead atoms. The first-order valence-electron chi connectivity index (χ1n) is 2.27. The molecule has 0 rings (SSSR count). The van der Waals surface area contributed by atoms with Crippen molar-refractivity contribution in [1.82, 2.24) is 0 Å². The van der Waals surface area contributed by atoms with Gasteiger partial charge < -0.3 is 4.74 Å². The molecule has 0 aromatic carbocycles. The van der Waals surface area contributed by atoms with Gasteiger partial charge in [-0.1, -0.05) is 0 Å². The van der Waals surface area contributed by atoms with E-state index in [0.717, 1.165) is 0 Å². The largest absolute Gasteiger partial charge is 0.391 e. The van der Waals surface area contributed by atoms with Gasteiger partial charge in [-0.05, 0) is 0 Å². The van der Waals surface area contributed by atoms with Gasteiger partial charge in [0, 0.05) is 0 Å². The second-order valence-corrected chi connectivity index (χ2v) is 1.38. The van der Waals surface area contributed by atoms with Gasteiger partial charge in [-0.25, -0.2) is 4.39 Å². The highest BCUT2D eigenvalue weighted by atomic mass is 19.4. The second-order valence-electron chi connectivity index (χ2n) is 1.38. The quantitative estimate of drug-likeness (QED) is 0.436. The Morgan fingerprint density at radius 3 is 2.11 bits per heavy atom. The minimum Gasteiger partial charge on any atom is -0.350 e. The molecule has 0 heterocycles. The lowest BCUT2D eigenvalue weighted by Crippen LogP contribution is -2.11. The molecule has 0 aromatic heterocycles. The predicted octanol–water partition coefficient (Wildman–Crippen LogP) is 1.88. The maximum Gasteiger partial charge on any atom is 0.391 e. The highest BCUT2D eigenvalue weighted by molar-refractivity contribution is 4.46. The molecule has 0 aromatic rings. The molecule has 0 N–H and O–H groups in total. The minimum atomic E-state index is -4.24. The Labute approximate surface area is 49.6 Å². The third-order valence-corrected chi connectivity index (χ3v) is 0.607. The van der Waals surface area contributed by atoms with Crippen molar-refractivity contribution in [1.29, 1.82) is 0 Å². The lowest BCUT2D eigenvalue weighted by atomic mass is 10.4. The predicted molar refractivity (Wildman–Crippen MR) is 22.6 cm³/mol. The standard InChI is InChI=1S/C4H6F4O/c5-3-9-2-1-4(6,7)8/h1-3H2. The van der Waals surface area contributed by atoms with Crippen molar-refractivity contribution in [2.45, 2.75) is 12.6 Å². The van der Waals surface area contributed by atoms with Crippen molar-refractivity contribution in [3.05, 3.63) is 0 Å². The van der Waals surface area contributed by atoms with Crippen molar-refractivity contribution >= 4 is 0 Å². The Bertz CT molecular complexity index is 69.5. The molecule has 0 unspecified atom stereocenters. The van der Waals surface area contributed by atoms with Crippen LogP contribution < -0.4 is 0 Å². The first-order chi connectivity index (χ1) is 4.06. The molecule has 9 heavy (non-hydrogen) atoms. The Balaban J connectivity index is 3.07. The van der Waals surface area contributed by atoms with E-state index in [1.54, 1.807) is 0 Å². The van der Waals surface area contributed by atoms with Crippen molar-refractivity contribution in [3.63, 3.8) is 0 Å². The van der Waals surface area contributed by atoms with Gasteiger partial charge in [-0.15, -0.1) is 0 Å². The van der Waals surface area contributed by atoms with Crippen LogP contribution in [0.1, 0.15) is 6.42 Å². The fraction of sp³-hybridized carbons (Fsp3) is 1.00. The monoisotopic (exact) mass is 146 g/mol. The zero-order valence-corrected chi connectivity index (χ0v) is 4.54. The number of alkyl halides is 4. The lowest BCUT2D eigenvalue weighted by Gasteiger charge is -2.03. The normalized spacial score (nSPS) is 12.0. The molecule has 0 radical (unpaired) electrons. The maximum absolute atomic E-state index is 11.2. The average molecular weight is 146 g/mol. The van der Waals surface area contributed by atoms with E-state index in [9.17, 15) is 17.6 Å². The van der Waals surface area contributed by atoms with Gasteiger partial charge in [0.1, 0.15) is 0 Å². The number of rotatable bonds is 3. The third-order valence-electron chi connectivity index (χ3n) is 0.607. The fourth-order valence-corrected chi connectivity index (χ4v) is 0.242. The van der Waals surface area contributed by atoms with Gasteiger partial charge in [-0.2, -0.15) is 13.2 Å². The summed E-state index contributed by atoms with van der Waals surface area (Å²) in [5, 5.41) is 0. The summed E-state index contributed by atoms with van der Waals surface area (Å²) in [6.45, 7) is -1.75. The lowest BCUT2D eigenvalue weighted by molar-refractivity contribution is -0.147. The number of hydrogen-bond acceptors (Lipinski definition) is 1. The van der Waals surface area contributed by atoms with E-state index in [0.29, 0.717) is 0 Å². The molecule has 0 fully saturated rings. The van der Waals surface area contributed by atoms with E-state index in [2.05, 4.69) is 4.74 Å². The molecule has 56 valence electrons. The van der Waals surface area contributed by atoms with E-state index >= 15 is 0 Å². The van der Waals surface area contributed by atoms with Gasteiger partial charge >= 0.3 is 6.18 Å². The SMILES string of the molecule is FCOCCC(F)(F)F. The topological polar surface area (TPSA) is 9.23 Å². The molecule has 0 atom stereocenters. The summed E-state index contributed by atoms with van der Waals surface area (Å²) >= 11 is 0. The second kappa shape index (κ2) is 3.66. The highest BCUT2D eigenvalue weighted by Gasteiger charge is 2.26. The zero-order chi connectivity index (χ0) is 7.33. The van der Waals surface area contributed by atoms with Crippen LogP contribution in [-0.2, 0) is 4.74 Å². The van der Waals surface area contributed by atoms with E-state index < -0.39 is 26.1 Å². The van der Waals surface area contributed by atoms with Gasteiger partial charge in [0.2, 0.25) is 0 Å². The van der Waals surface area contributed by atoms with Crippen LogP contribution in [0, 0.1) is 0 Å². The molecule has 0 saturated heterocycles. The average Bonchev–Trinajstić information content (AvgIpc) is 1.63. The maximum atomic E-state index is 11.2. The van der Waals surface area contributed by atoms with Crippen molar-refractivity contribution in [2.75, 3.05) is 13.5 Å². The Kier molecular flexibility index (Phi) is 3.53. The molecule has 1 nitrogen and oxygen atoms in total. The van der Waals surface area contributed by atoms with Crippen LogP contribution in [0.2, 0.25) is 0 Å². The number of ether oxygens (including phenoxy) is 1. The Hall–Kier alpha value is -0.320. The van der Waals surface area contributed by atoms with E-state index in [1.165, 1.54) is 0 Å². The Morgan fingerprint density at radius 1 is 1.22 bits per heavy atom. The molecule has 0 aliphatic rings. The molecule has 0 aliphatic carbocycles. The molecule has 0 amide bonds. The molecular formula is C4H6F4O. The number of halogens is 4. The Morgan fingerprint density at radius 2 is 1.78 bits per heavy atom. The van der Waals surface area contributed by atoms with Crippen molar-refractivity contribution in [3.8, 4) is 0 Å². The van der Waals surface area contributed by atoms with Crippen LogP contribution in [0.4, 0.5) is 17.6 Å². The highest BCUT2D eigenvalue weighted by Crippen LogP contribution is 2.18. The summed E-state index contributed by atoms with van der Waals surface area (Å²) < 4.78 is 48.3. The van der Waals surface area contributed by atoms with E-state index in [1.807, 2.05) is 0 Å². The molecule has 5 heteroatoms. The van der Waals surface area contributed by atoms with E-state index in [-0.39, 0.29) is 0 Å². The van der Waals surface area contributed by atoms with Gasteiger partial charge in [-0.3, -0.25) is 0 Å². The van der Waals surface area contributed by atoms with Crippen molar-refractivity contribution in [2.24, 2.45) is 0 Å². The minimum absolute atomic E-state index is 0.597. The summed E-state index contributed by atoms with van der Waals surface area (Å²) in [5.74, 6) is 0. The summed E-state index contributed by atoms with van der Waals surface area (Å²) in [6.07, 6.45) is -5.33. The van der Waals surface area contributed by atoms with Crippen molar-refractivity contribution < 1.29 is 22.3 Å². The number of hydrogen-bond donors (Lipinski definition) is 0. The summed E-state index contributed by atoms with van der Waals surface area (Å²) in [5.41, 5.74) is 0. The molecular weight excluding hydrogens is 140 g/mol. The van der Waals surface area contributed by atoms with Crippen LogP contribution in [0.3, 0.4) is 0 Å². The van der Waals surface area contributed by atoms with Gasteiger partial charge in [0.05, 0.1) is 13.0 Å².